The average Bonchev–Trinajstić information content (AvgIpc) is 3.31. The summed E-state index contributed by atoms with van der Waals surface area (Å²) >= 11 is 5.22. The second-order valence-corrected chi connectivity index (χ2v) is 9.44. The molecule has 0 aromatic heterocycles. The first-order chi connectivity index (χ1) is 15.4. The molecule has 10 heteroatoms. The molecule has 8 nitrogen and oxygen atoms in total. The highest BCUT2D eigenvalue weighted by molar-refractivity contribution is 7.89. The first kappa shape index (κ1) is 24.1. The number of amides is 1. The van der Waals surface area contributed by atoms with E-state index in [1.165, 1.54) is 12.1 Å². The lowest BCUT2D eigenvalue weighted by Crippen LogP contribution is -2.34. The normalized spacial score (nSPS) is 15.8. The van der Waals surface area contributed by atoms with Gasteiger partial charge in [-0.1, -0.05) is 19.1 Å². The molecule has 0 bridgehead atoms. The van der Waals surface area contributed by atoms with Crippen LogP contribution in [0.4, 0.5) is 5.69 Å². The maximum atomic E-state index is 12.6. The first-order valence-electron chi connectivity index (χ1n) is 10.4. The van der Waals surface area contributed by atoms with Gasteiger partial charge in [-0.25, -0.2) is 13.1 Å². The summed E-state index contributed by atoms with van der Waals surface area (Å²) in [7, 11) is -3.63. The fourth-order valence-corrected chi connectivity index (χ4v) is 4.41. The molecule has 1 saturated heterocycles. The van der Waals surface area contributed by atoms with Crippen LogP contribution in [0.25, 0.3) is 0 Å². The van der Waals surface area contributed by atoms with Gasteiger partial charge in [-0.15, -0.1) is 0 Å². The molecule has 1 unspecified atom stereocenters. The fraction of sp³-hybridized carbons (Fsp3) is 0.364. The standard InChI is InChI=1S/C22H27N3O5S2/c1-2-13-30-20-8-4-3-7-19(20)21(26)25-22(31)24-16-9-11-18(12-10-16)32(27,28)23-15-17-6-5-14-29-17/h3-4,7-12,17,23H,2,5-6,13-15H2,1H3,(H2,24,25,26,31). The maximum absolute atomic E-state index is 12.6. The van der Waals surface area contributed by atoms with E-state index in [4.69, 9.17) is 21.7 Å². The van der Waals surface area contributed by atoms with Crippen LogP contribution in [0.2, 0.25) is 0 Å². The van der Waals surface area contributed by atoms with Gasteiger partial charge in [0.1, 0.15) is 5.75 Å². The molecule has 2 aromatic rings. The van der Waals surface area contributed by atoms with Crippen molar-refractivity contribution >= 4 is 38.9 Å². The molecule has 3 N–H and O–H groups in total. The topological polar surface area (TPSA) is 106 Å². The Morgan fingerprint density at radius 3 is 2.62 bits per heavy atom. The average molecular weight is 478 g/mol. The smallest absolute Gasteiger partial charge is 0.261 e. The molecule has 0 spiro atoms. The number of benzene rings is 2. The van der Waals surface area contributed by atoms with Crippen LogP contribution in [-0.2, 0) is 14.8 Å². The molecule has 1 fully saturated rings. The Bertz CT molecular complexity index is 1040. The highest BCUT2D eigenvalue weighted by Crippen LogP contribution is 2.19. The van der Waals surface area contributed by atoms with Crippen molar-refractivity contribution in [1.29, 1.82) is 0 Å². The number of rotatable bonds is 9. The molecule has 3 rings (SSSR count). The van der Waals surface area contributed by atoms with Crippen molar-refractivity contribution in [3.05, 3.63) is 54.1 Å². The number of thiocarbonyl (C=S) groups is 1. The summed E-state index contributed by atoms with van der Waals surface area (Å²) in [5.41, 5.74) is 0.924. The van der Waals surface area contributed by atoms with E-state index in [0.29, 0.717) is 30.2 Å². The largest absolute Gasteiger partial charge is 0.493 e. The van der Waals surface area contributed by atoms with E-state index in [1.54, 1.807) is 36.4 Å². The van der Waals surface area contributed by atoms with Crippen molar-refractivity contribution in [2.75, 3.05) is 25.1 Å². The molecule has 2 aromatic carbocycles. The van der Waals surface area contributed by atoms with Gasteiger partial charge in [0.2, 0.25) is 10.0 Å². The highest BCUT2D eigenvalue weighted by atomic mass is 32.2. The van der Waals surface area contributed by atoms with Crippen molar-refractivity contribution in [1.82, 2.24) is 10.0 Å². The number of sulfonamides is 1. The van der Waals surface area contributed by atoms with Crippen molar-refractivity contribution in [3.8, 4) is 5.75 Å². The summed E-state index contributed by atoms with van der Waals surface area (Å²) in [6, 6.07) is 13.0. The molecular formula is C22H27N3O5S2. The van der Waals surface area contributed by atoms with Crippen molar-refractivity contribution in [3.63, 3.8) is 0 Å². The molecule has 0 saturated carbocycles. The molecule has 1 heterocycles. The van der Waals surface area contributed by atoms with Crippen LogP contribution in [0.3, 0.4) is 0 Å². The van der Waals surface area contributed by atoms with Gasteiger partial charge in [-0.2, -0.15) is 0 Å². The Kier molecular flexibility index (Phi) is 8.57. The van der Waals surface area contributed by atoms with Gasteiger partial charge >= 0.3 is 0 Å². The number of carbonyl (C=O) groups excluding carboxylic acids is 1. The second-order valence-electron chi connectivity index (χ2n) is 7.26. The third kappa shape index (κ3) is 6.73. The predicted molar refractivity (Wildman–Crippen MR) is 127 cm³/mol. The Morgan fingerprint density at radius 1 is 1.19 bits per heavy atom. The van der Waals surface area contributed by atoms with E-state index < -0.39 is 15.9 Å². The minimum Gasteiger partial charge on any atom is -0.493 e. The van der Waals surface area contributed by atoms with E-state index in [-0.39, 0.29) is 22.7 Å². The zero-order valence-electron chi connectivity index (χ0n) is 17.8. The summed E-state index contributed by atoms with van der Waals surface area (Å²) in [5.74, 6) is 0.0893. The molecule has 0 aliphatic carbocycles. The van der Waals surface area contributed by atoms with Crippen LogP contribution >= 0.6 is 12.2 Å². The van der Waals surface area contributed by atoms with Crippen LogP contribution in [-0.4, -0.2) is 45.3 Å². The number of nitrogens with one attached hydrogen (secondary N) is 3. The van der Waals surface area contributed by atoms with Crippen LogP contribution in [0.15, 0.2) is 53.4 Å². The molecular weight excluding hydrogens is 450 g/mol. The maximum Gasteiger partial charge on any atom is 0.261 e. The van der Waals surface area contributed by atoms with Gasteiger partial charge in [0.15, 0.2) is 5.11 Å². The summed E-state index contributed by atoms with van der Waals surface area (Å²) in [6.45, 7) is 3.41. The van der Waals surface area contributed by atoms with Crippen LogP contribution < -0.4 is 20.1 Å². The predicted octanol–water partition coefficient (Wildman–Crippen LogP) is 3.06. The number of ether oxygens (including phenoxy) is 2. The van der Waals surface area contributed by atoms with E-state index in [2.05, 4.69) is 15.4 Å². The SMILES string of the molecule is CCCOc1ccccc1C(=O)NC(=S)Nc1ccc(S(=O)(=O)NCC2CCCO2)cc1. The van der Waals surface area contributed by atoms with Crippen LogP contribution in [0.5, 0.6) is 5.75 Å². The lowest BCUT2D eigenvalue weighted by atomic mass is 10.2. The Balaban J connectivity index is 1.56. The van der Waals surface area contributed by atoms with E-state index in [9.17, 15) is 13.2 Å². The molecule has 1 amide bonds. The fourth-order valence-electron chi connectivity index (χ4n) is 3.13. The first-order valence-corrected chi connectivity index (χ1v) is 12.3. The van der Waals surface area contributed by atoms with E-state index in [1.807, 2.05) is 6.92 Å². The number of para-hydroxylation sites is 1. The minimum absolute atomic E-state index is 0.0794. The van der Waals surface area contributed by atoms with E-state index >= 15 is 0 Å². The number of carbonyl (C=O) groups is 1. The quantitative estimate of drug-likeness (QED) is 0.477. The van der Waals surface area contributed by atoms with Crippen molar-refractivity contribution in [2.45, 2.75) is 37.2 Å². The zero-order valence-corrected chi connectivity index (χ0v) is 19.4. The van der Waals surface area contributed by atoms with Crippen molar-refractivity contribution in [2.24, 2.45) is 0 Å². The summed E-state index contributed by atoms with van der Waals surface area (Å²) in [6.07, 6.45) is 2.54. The summed E-state index contributed by atoms with van der Waals surface area (Å²) in [4.78, 5) is 12.7. The Morgan fingerprint density at radius 2 is 1.94 bits per heavy atom. The van der Waals surface area contributed by atoms with Gasteiger partial charge in [-0.3, -0.25) is 10.1 Å². The van der Waals surface area contributed by atoms with Gasteiger partial charge in [0.25, 0.3) is 5.91 Å². The zero-order chi connectivity index (χ0) is 23.0. The molecule has 172 valence electrons. The van der Waals surface area contributed by atoms with Gasteiger partial charge in [0.05, 0.1) is 23.2 Å². The summed E-state index contributed by atoms with van der Waals surface area (Å²) in [5, 5.41) is 5.59. The highest BCUT2D eigenvalue weighted by Gasteiger charge is 2.20. The second kappa shape index (κ2) is 11.4. The molecule has 1 atom stereocenters. The van der Waals surface area contributed by atoms with Crippen LogP contribution in [0, 0.1) is 0 Å². The Labute approximate surface area is 193 Å². The van der Waals surface area contributed by atoms with E-state index in [0.717, 1.165) is 19.3 Å². The molecule has 0 radical (unpaired) electrons. The number of hydrogen-bond acceptors (Lipinski definition) is 6. The number of anilines is 1. The van der Waals surface area contributed by atoms with Gasteiger partial charge in [0, 0.05) is 18.8 Å². The number of hydrogen-bond donors (Lipinski definition) is 3. The van der Waals surface area contributed by atoms with Gasteiger partial charge in [-0.05, 0) is 67.9 Å². The summed E-state index contributed by atoms with van der Waals surface area (Å²) < 4.78 is 38.5. The third-order valence-corrected chi connectivity index (χ3v) is 6.41. The Hall–Kier alpha value is -2.53. The lowest BCUT2D eigenvalue weighted by molar-refractivity contribution is 0.0973. The molecule has 1 aliphatic heterocycles. The van der Waals surface area contributed by atoms with Crippen molar-refractivity contribution < 1.29 is 22.7 Å². The van der Waals surface area contributed by atoms with Gasteiger partial charge < -0.3 is 14.8 Å². The molecule has 1 aliphatic rings. The monoisotopic (exact) mass is 477 g/mol. The lowest BCUT2D eigenvalue weighted by Gasteiger charge is -2.13. The van der Waals surface area contributed by atoms with Crippen LogP contribution in [0.1, 0.15) is 36.5 Å². The molecule has 32 heavy (non-hydrogen) atoms. The third-order valence-electron chi connectivity index (χ3n) is 4.77. The minimum atomic E-state index is -3.63.